The number of thioether (sulfide) groups is 1. The van der Waals surface area contributed by atoms with Crippen molar-refractivity contribution in [2.75, 3.05) is 23.5 Å². The molecule has 0 aliphatic carbocycles. The second-order valence-electron chi connectivity index (χ2n) is 7.45. The number of benzene rings is 3. The van der Waals surface area contributed by atoms with E-state index in [0.717, 1.165) is 16.2 Å². The third kappa shape index (κ3) is 6.24. The zero-order valence-corrected chi connectivity index (χ0v) is 20.3. The highest BCUT2D eigenvalue weighted by molar-refractivity contribution is 8.00. The lowest BCUT2D eigenvalue weighted by Gasteiger charge is -2.08. The quantitative estimate of drug-likeness (QED) is 0.292. The fourth-order valence-corrected chi connectivity index (χ4v) is 4.61. The second kappa shape index (κ2) is 11.0. The lowest BCUT2D eigenvalue weighted by molar-refractivity contribution is -0.113. The summed E-state index contributed by atoms with van der Waals surface area (Å²) < 4.78 is 5.17. The fourth-order valence-electron chi connectivity index (χ4n) is 3.12. The standard InChI is InChI=1S/C26H23N3O3S2/c1-17-9-11-18(12-10-17)23-15-34-26(28-23)29-24(30)16-33-22-8-4-6-20(14-22)27-25(31)19-5-3-7-21(13-19)32-2/h3-15H,16H2,1-2H3,(H,27,31)(H,28,29,30). The highest BCUT2D eigenvalue weighted by atomic mass is 32.2. The van der Waals surface area contributed by atoms with E-state index in [2.05, 4.69) is 15.6 Å². The largest absolute Gasteiger partial charge is 0.497 e. The minimum Gasteiger partial charge on any atom is -0.497 e. The Balaban J connectivity index is 1.31. The van der Waals surface area contributed by atoms with Crippen LogP contribution in [-0.4, -0.2) is 29.7 Å². The van der Waals surface area contributed by atoms with Gasteiger partial charge in [-0.15, -0.1) is 23.1 Å². The Labute approximate surface area is 206 Å². The molecule has 1 heterocycles. The normalized spacial score (nSPS) is 10.5. The van der Waals surface area contributed by atoms with Crippen molar-refractivity contribution in [2.24, 2.45) is 0 Å². The maximum Gasteiger partial charge on any atom is 0.255 e. The van der Waals surface area contributed by atoms with Crippen molar-refractivity contribution in [3.05, 3.63) is 89.3 Å². The van der Waals surface area contributed by atoms with Crippen molar-refractivity contribution in [3.8, 4) is 17.0 Å². The van der Waals surface area contributed by atoms with Gasteiger partial charge in [-0.1, -0.05) is 42.0 Å². The smallest absolute Gasteiger partial charge is 0.255 e. The zero-order valence-electron chi connectivity index (χ0n) is 18.7. The van der Waals surface area contributed by atoms with Gasteiger partial charge < -0.3 is 15.4 Å². The summed E-state index contributed by atoms with van der Waals surface area (Å²) in [5.41, 5.74) is 4.21. The van der Waals surface area contributed by atoms with Gasteiger partial charge in [-0.25, -0.2) is 4.98 Å². The van der Waals surface area contributed by atoms with E-state index in [1.165, 1.54) is 28.7 Å². The van der Waals surface area contributed by atoms with Gasteiger partial charge in [0.1, 0.15) is 5.75 Å². The minimum absolute atomic E-state index is 0.138. The number of hydrogen-bond acceptors (Lipinski definition) is 6. The van der Waals surface area contributed by atoms with Crippen LogP contribution in [0.3, 0.4) is 0 Å². The summed E-state index contributed by atoms with van der Waals surface area (Å²) in [7, 11) is 1.56. The topological polar surface area (TPSA) is 80.3 Å². The van der Waals surface area contributed by atoms with Gasteiger partial charge in [0.25, 0.3) is 5.91 Å². The van der Waals surface area contributed by atoms with Crippen molar-refractivity contribution in [3.63, 3.8) is 0 Å². The van der Waals surface area contributed by atoms with E-state index >= 15 is 0 Å². The van der Waals surface area contributed by atoms with E-state index in [1.54, 1.807) is 31.4 Å². The number of methoxy groups -OCH3 is 1. The van der Waals surface area contributed by atoms with Crippen molar-refractivity contribution >= 4 is 45.7 Å². The van der Waals surface area contributed by atoms with Crippen molar-refractivity contribution in [2.45, 2.75) is 11.8 Å². The molecule has 4 rings (SSSR count). The molecule has 0 saturated heterocycles. The van der Waals surface area contributed by atoms with Gasteiger partial charge in [0.15, 0.2) is 5.13 Å². The van der Waals surface area contributed by atoms with Gasteiger partial charge >= 0.3 is 0 Å². The van der Waals surface area contributed by atoms with Crippen LogP contribution in [0, 0.1) is 6.92 Å². The average molecular weight is 490 g/mol. The highest BCUT2D eigenvalue weighted by Crippen LogP contribution is 2.26. The lowest BCUT2D eigenvalue weighted by atomic mass is 10.1. The first kappa shape index (κ1) is 23.5. The van der Waals surface area contributed by atoms with Gasteiger partial charge in [0.05, 0.1) is 18.6 Å². The lowest BCUT2D eigenvalue weighted by Crippen LogP contribution is -2.14. The first-order chi connectivity index (χ1) is 16.5. The van der Waals surface area contributed by atoms with Crippen molar-refractivity contribution in [1.82, 2.24) is 4.98 Å². The van der Waals surface area contributed by atoms with Crippen LogP contribution < -0.4 is 15.4 Å². The Morgan fingerprint density at radius 1 is 1.00 bits per heavy atom. The number of nitrogens with zero attached hydrogens (tertiary/aromatic N) is 1. The van der Waals surface area contributed by atoms with Gasteiger partial charge in [-0.05, 0) is 43.3 Å². The molecule has 8 heteroatoms. The molecule has 1 aromatic heterocycles. The van der Waals surface area contributed by atoms with E-state index < -0.39 is 0 Å². The molecular formula is C26H23N3O3S2. The number of ether oxygens (including phenoxy) is 1. The number of amides is 2. The first-order valence-corrected chi connectivity index (χ1v) is 12.4. The SMILES string of the molecule is COc1cccc(C(=O)Nc2cccc(SCC(=O)Nc3nc(-c4ccc(C)cc4)cs3)c2)c1. The number of aromatic nitrogens is 1. The Bertz CT molecular complexity index is 1300. The summed E-state index contributed by atoms with van der Waals surface area (Å²) in [6.45, 7) is 2.04. The molecule has 0 saturated carbocycles. The fraction of sp³-hybridized carbons (Fsp3) is 0.115. The molecule has 2 amide bonds. The summed E-state index contributed by atoms with van der Waals surface area (Å²) in [4.78, 5) is 30.4. The molecular weight excluding hydrogens is 466 g/mol. The van der Waals surface area contributed by atoms with E-state index in [0.29, 0.717) is 22.1 Å². The molecule has 4 aromatic rings. The molecule has 0 bridgehead atoms. The Morgan fingerprint density at radius 2 is 1.79 bits per heavy atom. The maximum atomic E-state index is 12.5. The van der Waals surface area contributed by atoms with Crippen LogP contribution in [-0.2, 0) is 4.79 Å². The average Bonchev–Trinajstić information content (AvgIpc) is 3.32. The van der Waals surface area contributed by atoms with Gasteiger partial charge in [0.2, 0.25) is 5.91 Å². The predicted octanol–water partition coefficient (Wildman–Crippen LogP) is 6.11. The molecule has 2 N–H and O–H groups in total. The summed E-state index contributed by atoms with van der Waals surface area (Å²) in [5, 5.41) is 8.24. The monoisotopic (exact) mass is 489 g/mol. The molecule has 0 spiro atoms. The van der Waals surface area contributed by atoms with E-state index in [9.17, 15) is 9.59 Å². The molecule has 6 nitrogen and oxygen atoms in total. The van der Waals surface area contributed by atoms with Gasteiger partial charge in [-0.2, -0.15) is 0 Å². The minimum atomic E-state index is -0.230. The van der Waals surface area contributed by atoms with E-state index in [4.69, 9.17) is 4.74 Å². The molecule has 0 aliphatic rings. The number of hydrogen-bond donors (Lipinski definition) is 2. The van der Waals surface area contributed by atoms with Crippen LogP contribution >= 0.6 is 23.1 Å². The third-order valence-electron chi connectivity index (χ3n) is 4.89. The van der Waals surface area contributed by atoms with Gasteiger partial charge in [-0.3, -0.25) is 9.59 Å². The zero-order chi connectivity index (χ0) is 23.9. The number of carbonyl (C=O) groups excluding carboxylic acids is 2. The van der Waals surface area contributed by atoms with Gasteiger partial charge in [0, 0.05) is 27.1 Å². The molecule has 172 valence electrons. The molecule has 0 aliphatic heterocycles. The van der Waals surface area contributed by atoms with E-state index in [-0.39, 0.29) is 17.6 Å². The van der Waals surface area contributed by atoms with Crippen LogP contribution in [0.5, 0.6) is 5.75 Å². The second-order valence-corrected chi connectivity index (χ2v) is 9.36. The molecule has 0 radical (unpaired) electrons. The predicted molar refractivity (Wildman–Crippen MR) is 139 cm³/mol. The van der Waals surface area contributed by atoms with Crippen LogP contribution in [0.15, 0.2) is 83.1 Å². The Kier molecular flexibility index (Phi) is 7.61. The number of thiazole rings is 1. The molecule has 0 atom stereocenters. The van der Waals surface area contributed by atoms with E-state index in [1.807, 2.05) is 60.8 Å². The number of rotatable bonds is 8. The number of nitrogens with one attached hydrogen (secondary N) is 2. The Hall–Kier alpha value is -3.62. The van der Waals surface area contributed by atoms with Crippen LogP contribution in [0.4, 0.5) is 10.8 Å². The summed E-state index contributed by atoms with van der Waals surface area (Å²) >= 11 is 2.79. The number of anilines is 2. The highest BCUT2D eigenvalue weighted by Gasteiger charge is 2.11. The number of aryl methyl sites for hydroxylation is 1. The maximum absolute atomic E-state index is 12.5. The van der Waals surface area contributed by atoms with Crippen LogP contribution in [0.25, 0.3) is 11.3 Å². The first-order valence-electron chi connectivity index (χ1n) is 10.5. The summed E-state index contributed by atoms with van der Waals surface area (Å²) in [6.07, 6.45) is 0. The van der Waals surface area contributed by atoms with Crippen LogP contribution in [0.2, 0.25) is 0 Å². The number of carbonyl (C=O) groups is 2. The molecule has 34 heavy (non-hydrogen) atoms. The van der Waals surface area contributed by atoms with Crippen LogP contribution in [0.1, 0.15) is 15.9 Å². The summed E-state index contributed by atoms with van der Waals surface area (Å²) in [6, 6.07) is 22.5. The molecule has 3 aromatic carbocycles. The Morgan fingerprint density at radius 3 is 2.59 bits per heavy atom. The molecule has 0 fully saturated rings. The molecule has 0 unspecified atom stereocenters. The summed E-state index contributed by atoms with van der Waals surface area (Å²) in [5.74, 6) is 0.481. The van der Waals surface area contributed by atoms with Crippen molar-refractivity contribution in [1.29, 1.82) is 0 Å². The third-order valence-corrected chi connectivity index (χ3v) is 6.64. The van der Waals surface area contributed by atoms with Crippen molar-refractivity contribution < 1.29 is 14.3 Å².